The van der Waals surface area contributed by atoms with Crippen molar-refractivity contribution in [3.8, 4) is 0 Å². The first-order valence-electron chi connectivity index (χ1n) is 8.19. The SMILES string of the molecule is CC(C)NC(=O)C(=O)N1CCN(C(=O)/C=C/c2cccc(Cl)c2)CC1. The molecular formula is C18H22ClN3O3. The van der Waals surface area contributed by atoms with Crippen LogP contribution in [0.5, 0.6) is 0 Å². The van der Waals surface area contributed by atoms with E-state index in [9.17, 15) is 14.4 Å². The second-order valence-electron chi connectivity index (χ2n) is 6.13. The van der Waals surface area contributed by atoms with Crippen LogP contribution < -0.4 is 5.32 Å². The molecule has 1 N–H and O–H groups in total. The molecule has 0 bridgehead atoms. The molecule has 0 atom stereocenters. The van der Waals surface area contributed by atoms with Crippen LogP contribution in [0.25, 0.3) is 6.08 Å². The lowest BCUT2D eigenvalue weighted by atomic mass is 10.2. The number of hydrogen-bond acceptors (Lipinski definition) is 3. The van der Waals surface area contributed by atoms with E-state index < -0.39 is 11.8 Å². The van der Waals surface area contributed by atoms with Crippen LogP contribution in [0.1, 0.15) is 19.4 Å². The van der Waals surface area contributed by atoms with E-state index in [-0.39, 0.29) is 11.9 Å². The second-order valence-corrected chi connectivity index (χ2v) is 6.57. The van der Waals surface area contributed by atoms with Crippen molar-refractivity contribution in [2.24, 2.45) is 0 Å². The highest BCUT2D eigenvalue weighted by Gasteiger charge is 2.27. The van der Waals surface area contributed by atoms with Gasteiger partial charge >= 0.3 is 11.8 Å². The van der Waals surface area contributed by atoms with Crippen LogP contribution in [-0.4, -0.2) is 59.7 Å². The Kier molecular flexibility index (Phi) is 6.58. The van der Waals surface area contributed by atoms with Gasteiger partial charge in [0.05, 0.1) is 0 Å². The minimum Gasteiger partial charge on any atom is -0.346 e. The van der Waals surface area contributed by atoms with Crippen molar-refractivity contribution < 1.29 is 14.4 Å². The molecule has 0 aromatic heterocycles. The molecule has 0 radical (unpaired) electrons. The van der Waals surface area contributed by atoms with Gasteiger partial charge in [-0.25, -0.2) is 0 Å². The molecule has 0 spiro atoms. The fourth-order valence-electron chi connectivity index (χ4n) is 2.48. The molecule has 0 aliphatic carbocycles. The van der Waals surface area contributed by atoms with E-state index in [1.165, 1.54) is 11.0 Å². The number of amides is 3. The average molecular weight is 364 g/mol. The Morgan fingerprint density at radius 1 is 1.12 bits per heavy atom. The van der Waals surface area contributed by atoms with Crippen LogP contribution in [0.15, 0.2) is 30.3 Å². The Balaban J connectivity index is 1.86. The van der Waals surface area contributed by atoms with Gasteiger partial charge in [-0.15, -0.1) is 0 Å². The van der Waals surface area contributed by atoms with E-state index in [0.29, 0.717) is 31.2 Å². The minimum absolute atomic E-state index is 0.0871. The molecule has 0 saturated carbocycles. The molecule has 1 saturated heterocycles. The number of halogens is 1. The minimum atomic E-state index is -0.601. The zero-order valence-electron chi connectivity index (χ0n) is 14.4. The van der Waals surface area contributed by atoms with Crippen LogP contribution in [0, 0.1) is 0 Å². The molecule has 1 aromatic rings. The smallest absolute Gasteiger partial charge is 0.312 e. The molecule has 134 valence electrons. The lowest BCUT2D eigenvalue weighted by Gasteiger charge is -2.33. The maximum atomic E-state index is 12.2. The molecule has 1 aliphatic rings. The molecule has 1 aromatic carbocycles. The normalized spacial score (nSPS) is 14.9. The summed E-state index contributed by atoms with van der Waals surface area (Å²) >= 11 is 5.91. The first-order chi connectivity index (χ1) is 11.9. The molecule has 2 rings (SSSR count). The summed E-state index contributed by atoms with van der Waals surface area (Å²) in [6.45, 7) is 5.10. The predicted octanol–water partition coefficient (Wildman–Crippen LogP) is 1.55. The Labute approximate surface area is 152 Å². The highest BCUT2D eigenvalue weighted by Crippen LogP contribution is 2.12. The van der Waals surface area contributed by atoms with E-state index in [0.717, 1.165) is 5.56 Å². The van der Waals surface area contributed by atoms with Crippen molar-refractivity contribution in [2.75, 3.05) is 26.2 Å². The van der Waals surface area contributed by atoms with Crippen LogP contribution >= 0.6 is 11.6 Å². The van der Waals surface area contributed by atoms with E-state index in [1.54, 1.807) is 37.0 Å². The van der Waals surface area contributed by atoms with Gasteiger partial charge in [0.25, 0.3) is 0 Å². The number of benzene rings is 1. The Hall–Kier alpha value is -2.34. The van der Waals surface area contributed by atoms with Crippen LogP contribution in [0.2, 0.25) is 5.02 Å². The standard InChI is InChI=1S/C18H22ClN3O3/c1-13(2)20-17(24)18(25)22-10-8-21(9-11-22)16(23)7-6-14-4-3-5-15(19)12-14/h3-7,12-13H,8-11H2,1-2H3,(H,20,24)/b7-6+. The summed E-state index contributed by atoms with van der Waals surface area (Å²) in [5.74, 6) is -1.27. The Morgan fingerprint density at radius 3 is 2.36 bits per heavy atom. The molecule has 0 unspecified atom stereocenters. The third-order valence-electron chi connectivity index (χ3n) is 3.76. The number of piperazine rings is 1. The highest BCUT2D eigenvalue weighted by atomic mass is 35.5. The first kappa shape index (κ1) is 19.0. The Bertz CT molecular complexity index is 680. The monoisotopic (exact) mass is 363 g/mol. The number of nitrogens with zero attached hydrogens (tertiary/aromatic N) is 2. The van der Waals surface area contributed by atoms with E-state index in [1.807, 2.05) is 12.1 Å². The van der Waals surface area contributed by atoms with Gasteiger partial charge in [-0.2, -0.15) is 0 Å². The van der Waals surface area contributed by atoms with Gasteiger partial charge in [0.1, 0.15) is 0 Å². The van der Waals surface area contributed by atoms with E-state index in [4.69, 9.17) is 11.6 Å². The fourth-order valence-corrected chi connectivity index (χ4v) is 2.68. The van der Waals surface area contributed by atoms with E-state index >= 15 is 0 Å². The zero-order chi connectivity index (χ0) is 18.4. The summed E-state index contributed by atoms with van der Waals surface area (Å²) in [7, 11) is 0. The maximum Gasteiger partial charge on any atom is 0.312 e. The molecule has 1 aliphatic heterocycles. The van der Waals surface area contributed by atoms with Gasteiger partial charge in [-0.05, 0) is 37.6 Å². The average Bonchev–Trinajstić information content (AvgIpc) is 2.58. The van der Waals surface area contributed by atoms with Gasteiger partial charge in [0.2, 0.25) is 5.91 Å². The van der Waals surface area contributed by atoms with Crippen molar-refractivity contribution in [2.45, 2.75) is 19.9 Å². The summed E-state index contributed by atoms with van der Waals surface area (Å²) in [6.07, 6.45) is 3.20. The fraction of sp³-hybridized carbons (Fsp3) is 0.389. The molecule has 3 amide bonds. The number of rotatable bonds is 3. The van der Waals surface area contributed by atoms with Gasteiger partial charge in [0, 0.05) is 43.3 Å². The van der Waals surface area contributed by atoms with Crippen LogP contribution in [-0.2, 0) is 14.4 Å². The molecule has 25 heavy (non-hydrogen) atoms. The lowest BCUT2D eigenvalue weighted by Crippen LogP contribution is -2.54. The van der Waals surface area contributed by atoms with Crippen molar-refractivity contribution in [1.29, 1.82) is 0 Å². The Morgan fingerprint density at radius 2 is 1.76 bits per heavy atom. The number of carbonyl (C=O) groups is 3. The molecule has 7 heteroatoms. The van der Waals surface area contributed by atoms with Crippen LogP contribution in [0.4, 0.5) is 0 Å². The van der Waals surface area contributed by atoms with Gasteiger partial charge in [0.15, 0.2) is 0 Å². The second kappa shape index (κ2) is 8.67. The van der Waals surface area contributed by atoms with Gasteiger partial charge in [-0.3, -0.25) is 14.4 Å². The van der Waals surface area contributed by atoms with Crippen LogP contribution in [0.3, 0.4) is 0 Å². The first-order valence-corrected chi connectivity index (χ1v) is 8.57. The summed E-state index contributed by atoms with van der Waals surface area (Å²) in [4.78, 5) is 39.2. The summed E-state index contributed by atoms with van der Waals surface area (Å²) < 4.78 is 0. The van der Waals surface area contributed by atoms with Gasteiger partial charge in [-0.1, -0.05) is 23.7 Å². The van der Waals surface area contributed by atoms with Crippen molar-refractivity contribution in [3.63, 3.8) is 0 Å². The summed E-state index contributed by atoms with van der Waals surface area (Å²) in [5, 5.41) is 3.20. The predicted molar refractivity (Wildman–Crippen MR) is 96.9 cm³/mol. The third-order valence-corrected chi connectivity index (χ3v) is 3.99. The highest BCUT2D eigenvalue weighted by molar-refractivity contribution is 6.35. The summed E-state index contributed by atoms with van der Waals surface area (Å²) in [5.41, 5.74) is 0.847. The van der Waals surface area contributed by atoms with Crippen molar-refractivity contribution in [1.82, 2.24) is 15.1 Å². The molecule has 1 fully saturated rings. The molecule has 6 nitrogen and oxygen atoms in total. The van der Waals surface area contributed by atoms with Crippen molar-refractivity contribution >= 4 is 35.4 Å². The lowest BCUT2D eigenvalue weighted by molar-refractivity contribution is -0.148. The van der Waals surface area contributed by atoms with Crippen molar-refractivity contribution in [3.05, 3.63) is 40.9 Å². The molecular weight excluding hydrogens is 342 g/mol. The number of nitrogens with one attached hydrogen (secondary N) is 1. The number of hydrogen-bond donors (Lipinski definition) is 1. The van der Waals surface area contributed by atoms with Gasteiger partial charge < -0.3 is 15.1 Å². The quantitative estimate of drug-likeness (QED) is 0.654. The topological polar surface area (TPSA) is 69.7 Å². The largest absolute Gasteiger partial charge is 0.346 e. The summed E-state index contributed by atoms with van der Waals surface area (Å²) in [6, 6.07) is 7.14. The van der Waals surface area contributed by atoms with E-state index in [2.05, 4.69) is 5.32 Å². The zero-order valence-corrected chi connectivity index (χ0v) is 15.1. The third kappa shape index (κ3) is 5.60. The maximum absolute atomic E-state index is 12.2. The molecule has 1 heterocycles. The number of carbonyl (C=O) groups excluding carboxylic acids is 3.